The van der Waals surface area contributed by atoms with Gasteiger partial charge in [0.1, 0.15) is 12.0 Å². The molecular weight excluding hydrogens is 184 g/mol. The summed E-state index contributed by atoms with van der Waals surface area (Å²) >= 11 is 0. The molecule has 0 aliphatic rings. The average Bonchev–Trinajstić information content (AvgIpc) is 1.85. The largest absolute Gasteiger partial charge is 0.481 e. The lowest BCUT2D eigenvalue weighted by atomic mass is 10.2. The van der Waals surface area contributed by atoms with Gasteiger partial charge in [0.15, 0.2) is 10.7 Å². The van der Waals surface area contributed by atoms with Crippen LogP contribution >= 0.6 is 10.7 Å². The van der Waals surface area contributed by atoms with E-state index in [9.17, 15) is 4.79 Å². The molecule has 0 aliphatic heterocycles. The zero-order valence-corrected chi connectivity index (χ0v) is 8.25. The van der Waals surface area contributed by atoms with E-state index in [0.717, 1.165) is 25.0 Å². The van der Waals surface area contributed by atoms with Crippen LogP contribution in [-0.4, -0.2) is 23.1 Å². The number of carbonyl (C=O) groups is 1. The number of halogens is 1. The van der Waals surface area contributed by atoms with Gasteiger partial charge in [-0.2, -0.15) is 0 Å². The molecule has 0 aromatic rings. The molecule has 0 aliphatic carbocycles. The molecule has 4 heteroatoms. The van der Waals surface area contributed by atoms with Crippen LogP contribution in [0.15, 0.2) is 0 Å². The van der Waals surface area contributed by atoms with Crippen molar-refractivity contribution in [3.8, 4) is 0 Å². The highest BCUT2D eigenvalue weighted by Gasteiger charge is 2.05. The van der Waals surface area contributed by atoms with Crippen molar-refractivity contribution in [2.24, 2.45) is 0 Å². The van der Waals surface area contributed by atoms with Gasteiger partial charge in [-0.05, 0) is 19.3 Å². The zero-order chi connectivity index (χ0) is 8.69. The number of hydrogen-bond acceptors (Lipinski definition) is 1. The highest BCUT2D eigenvalue weighted by atomic mass is 35.7. The molecule has 0 aromatic heterocycles. The van der Waals surface area contributed by atoms with Crippen LogP contribution < -0.4 is 0 Å². The lowest BCUT2D eigenvalue weighted by Crippen LogP contribution is -1.97. The third kappa shape index (κ3) is 10.1. The van der Waals surface area contributed by atoms with Gasteiger partial charge in [-0.1, -0.05) is 0 Å². The summed E-state index contributed by atoms with van der Waals surface area (Å²) < 4.78 is 0. The molecule has 0 aromatic carbocycles. The maximum atomic E-state index is 10.1. The van der Waals surface area contributed by atoms with E-state index in [1.54, 1.807) is 0 Å². The summed E-state index contributed by atoms with van der Waals surface area (Å²) in [6, 6.07) is 0. The van der Waals surface area contributed by atoms with E-state index < -0.39 is 5.97 Å². The lowest BCUT2D eigenvalue weighted by Gasteiger charge is -1.94. The second kappa shape index (κ2) is 6.80. The first-order valence-electron chi connectivity index (χ1n) is 3.63. The monoisotopic (exact) mass is 197 g/mol. The molecule has 2 nitrogen and oxygen atoms in total. The van der Waals surface area contributed by atoms with Crippen molar-refractivity contribution in [1.82, 2.24) is 0 Å². The zero-order valence-electron chi connectivity index (χ0n) is 6.68. The van der Waals surface area contributed by atoms with Crippen LogP contribution in [0.25, 0.3) is 0 Å². The summed E-state index contributed by atoms with van der Waals surface area (Å²) in [5.74, 6) is 0.313. The molecule has 0 radical (unpaired) electrons. The minimum absolute atomic E-state index is 0.00494. The Morgan fingerprint density at radius 3 is 2.55 bits per heavy atom. The average molecular weight is 198 g/mol. The van der Waals surface area contributed by atoms with Crippen molar-refractivity contribution in [2.75, 3.05) is 12.0 Å². The number of hydrogen-bond donors (Lipinski definition) is 1. The van der Waals surface area contributed by atoms with Crippen molar-refractivity contribution in [1.29, 1.82) is 0 Å². The smallest absolute Gasteiger partial charge is 0.303 e. The number of unbranched alkanes of at least 4 members (excludes halogenated alkanes) is 2. The Labute approximate surface area is 74.8 Å². The van der Waals surface area contributed by atoms with E-state index in [-0.39, 0.29) is 10.1 Å². The van der Waals surface area contributed by atoms with Crippen LogP contribution in [0.3, 0.4) is 0 Å². The van der Waals surface area contributed by atoms with Gasteiger partial charge in [0.2, 0.25) is 0 Å². The van der Waals surface area contributed by atoms with E-state index in [1.807, 2.05) is 6.26 Å². The van der Waals surface area contributed by atoms with Crippen molar-refractivity contribution in [3.63, 3.8) is 0 Å². The number of rotatable bonds is 6. The van der Waals surface area contributed by atoms with E-state index >= 15 is 0 Å². The second-order valence-corrected chi connectivity index (χ2v) is 5.55. The van der Waals surface area contributed by atoms with Crippen LogP contribution in [0.2, 0.25) is 0 Å². The van der Waals surface area contributed by atoms with Crippen LogP contribution in [0.1, 0.15) is 25.7 Å². The maximum Gasteiger partial charge on any atom is 0.303 e. The molecule has 0 rings (SSSR count). The first-order valence-corrected chi connectivity index (χ1v) is 6.26. The summed E-state index contributed by atoms with van der Waals surface area (Å²) in [6.45, 7) is 0. The van der Waals surface area contributed by atoms with E-state index in [1.165, 1.54) is 0 Å². The SMILES string of the molecule is C[S+](Cl)CCCCCC(=O)O. The second-order valence-electron chi connectivity index (χ2n) is 2.46. The van der Waals surface area contributed by atoms with Gasteiger partial charge in [-0.25, -0.2) is 0 Å². The highest BCUT2D eigenvalue weighted by molar-refractivity contribution is 8.17. The molecule has 66 valence electrons. The van der Waals surface area contributed by atoms with Gasteiger partial charge in [-0.15, -0.1) is 0 Å². The molecule has 0 saturated carbocycles. The van der Waals surface area contributed by atoms with Gasteiger partial charge in [0.05, 0.1) is 10.1 Å². The predicted molar refractivity (Wildman–Crippen MR) is 50.1 cm³/mol. The van der Waals surface area contributed by atoms with Crippen LogP contribution in [-0.2, 0) is 14.9 Å². The topological polar surface area (TPSA) is 37.3 Å². The Balaban J connectivity index is 2.97. The van der Waals surface area contributed by atoms with Crippen LogP contribution in [0, 0.1) is 0 Å². The molecule has 1 atom stereocenters. The highest BCUT2D eigenvalue weighted by Crippen LogP contribution is 2.05. The first kappa shape index (κ1) is 11.1. The minimum Gasteiger partial charge on any atom is -0.481 e. The standard InChI is InChI=1S/C7H13ClO2S/c1-11(8)6-4-2-3-5-7(9)10/h2-6H2,1H3/p+1. The summed E-state index contributed by atoms with van der Waals surface area (Å²) in [7, 11) is 5.73. The molecule has 0 heterocycles. The minimum atomic E-state index is -0.702. The van der Waals surface area contributed by atoms with E-state index in [2.05, 4.69) is 0 Å². The van der Waals surface area contributed by atoms with Crippen molar-refractivity contribution < 1.29 is 9.90 Å². The Kier molecular flexibility index (Phi) is 6.87. The van der Waals surface area contributed by atoms with Crippen molar-refractivity contribution in [3.05, 3.63) is 0 Å². The third-order valence-electron chi connectivity index (χ3n) is 1.32. The molecule has 1 unspecified atom stereocenters. The summed E-state index contributed by atoms with van der Waals surface area (Å²) in [5, 5.41) is 8.30. The van der Waals surface area contributed by atoms with E-state index in [4.69, 9.17) is 15.8 Å². The Morgan fingerprint density at radius 1 is 1.45 bits per heavy atom. The Hall–Kier alpha value is 0.110. The molecule has 0 spiro atoms. The molecule has 11 heavy (non-hydrogen) atoms. The summed E-state index contributed by atoms with van der Waals surface area (Å²) in [6.07, 6.45) is 5.09. The van der Waals surface area contributed by atoms with Gasteiger partial charge in [0.25, 0.3) is 0 Å². The van der Waals surface area contributed by atoms with Crippen LogP contribution in [0.5, 0.6) is 0 Å². The Morgan fingerprint density at radius 2 is 2.09 bits per heavy atom. The fourth-order valence-corrected chi connectivity index (χ4v) is 1.68. The molecule has 0 saturated heterocycles. The van der Waals surface area contributed by atoms with Gasteiger partial charge in [-0.3, -0.25) is 4.79 Å². The fraction of sp³-hybridized carbons (Fsp3) is 0.857. The quantitative estimate of drug-likeness (QED) is 0.523. The van der Waals surface area contributed by atoms with Gasteiger partial charge >= 0.3 is 5.97 Å². The van der Waals surface area contributed by atoms with Crippen molar-refractivity contribution >= 4 is 26.8 Å². The normalized spacial score (nSPS) is 12.9. The fourth-order valence-electron chi connectivity index (χ4n) is 0.754. The first-order chi connectivity index (χ1) is 5.13. The number of carboxylic acids is 1. The predicted octanol–water partition coefficient (Wildman–Crippen LogP) is 2.03. The van der Waals surface area contributed by atoms with Crippen molar-refractivity contribution in [2.45, 2.75) is 25.7 Å². The molecular formula is C7H14ClO2S+. The van der Waals surface area contributed by atoms with Crippen LogP contribution in [0.4, 0.5) is 0 Å². The third-order valence-corrected chi connectivity index (χ3v) is 2.63. The lowest BCUT2D eigenvalue weighted by molar-refractivity contribution is -0.137. The summed E-state index contributed by atoms with van der Waals surface area (Å²) in [4.78, 5) is 10.1. The maximum absolute atomic E-state index is 10.1. The molecule has 0 amide bonds. The summed E-state index contributed by atoms with van der Waals surface area (Å²) in [5.41, 5.74) is 0. The Bertz CT molecular complexity index is 117. The van der Waals surface area contributed by atoms with E-state index in [0.29, 0.717) is 6.42 Å². The molecule has 1 N–H and O–H groups in total. The number of carboxylic acid groups (broad SMARTS) is 1. The number of aliphatic carboxylic acids is 1. The molecule has 0 fully saturated rings. The van der Waals surface area contributed by atoms with Gasteiger partial charge < -0.3 is 5.11 Å². The van der Waals surface area contributed by atoms with Gasteiger partial charge in [0, 0.05) is 6.42 Å². The molecule has 0 bridgehead atoms.